The number of fused-ring (bicyclic) bond motifs is 1. The first kappa shape index (κ1) is 17.7. The van der Waals surface area contributed by atoms with Crippen molar-refractivity contribution in [1.29, 1.82) is 0 Å². The van der Waals surface area contributed by atoms with Crippen molar-refractivity contribution < 1.29 is 18.7 Å². The summed E-state index contributed by atoms with van der Waals surface area (Å²) in [6.45, 7) is 2.19. The van der Waals surface area contributed by atoms with E-state index in [1.807, 2.05) is 49.4 Å². The highest BCUT2D eigenvalue weighted by Crippen LogP contribution is 2.51. The second kappa shape index (κ2) is 6.62. The van der Waals surface area contributed by atoms with Crippen LogP contribution in [0.5, 0.6) is 11.5 Å². The number of aryl methyl sites for hydroxylation is 1. The lowest BCUT2D eigenvalue weighted by atomic mass is 9.94. The number of amides is 1. The van der Waals surface area contributed by atoms with Crippen LogP contribution in [0, 0.1) is 12.7 Å². The summed E-state index contributed by atoms with van der Waals surface area (Å²) in [5.41, 5.74) is 3.29. The quantitative estimate of drug-likeness (QED) is 0.667. The van der Waals surface area contributed by atoms with Gasteiger partial charge in [-0.15, -0.1) is 0 Å². The van der Waals surface area contributed by atoms with Gasteiger partial charge >= 0.3 is 0 Å². The number of nitrogens with one attached hydrogen (secondary N) is 1. The molecule has 0 radical (unpaired) electrons. The molecule has 1 aliphatic carbocycles. The fraction of sp³-hybridized carbons (Fsp3) is 0.208. The van der Waals surface area contributed by atoms with E-state index in [1.165, 1.54) is 6.07 Å². The Kier molecular flexibility index (Phi) is 4.05. The van der Waals surface area contributed by atoms with Crippen LogP contribution in [0.2, 0.25) is 0 Å². The topological polar surface area (TPSA) is 47.6 Å². The van der Waals surface area contributed by atoms with E-state index in [0.717, 1.165) is 29.5 Å². The van der Waals surface area contributed by atoms with E-state index in [9.17, 15) is 9.18 Å². The third-order valence-electron chi connectivity index (χ3n) is 5.70. The molecule has 0 spiro atoms. The molecule has 29 heavy (non-hydrogen) atoms. The predicted octanol–water partition coefficient (Wildman–Crippen LogP) is 5.20. The van der Waals surface area contributed by atoms with Crippen LogP contribution >= 0.6 is 0 Å². The van der Waals surface area contributed by atoms with Gasteiger partial charge < -0.3 is 14.8 Å². The molecule has 5 rings (SSSR count). The second-order valence-corrected chi connectivity index (χ2v) is 7.66. The van der Waals surface area contributed by atoms with Gasteiger partial charge in [-0.3, -0.25) is 4.79 Å². The highest BCUT2D eigenvalue weighted by molar-refractivity contribution is 6.01. The zero-order valence-corrected chi connectivity index (χ0v) is 16.0. The Bertz CT molecular complexity index is 1100. The lowest BCUT2D eigenvalue weighted by Gasteiger charge is -2.17. The van der Waals surface area contributed by atoms with E-state index in [0.29, 0.717) is 22.7 Å². The first-order valence-corrected chi connectivity index (χ1v) is 9.63. The van der Waals surface area contributed by atoms with E-state index in [1.54, 1.807) is 12.1 Å². The van der Waals surface area contributed by atoms with Gasteiger partial charge in [0.05, 0.1) is 5.41 Å². The Morgan fingerprint density at radius 2 is 1.72 bits per heavy atom. The van der Waals surface area contributed by atoms with Crippen molar-refractivity contribution in [2.45, 2.75) is 25.2 Å². The van der Waals surface area contributed by atoms with Crippen molar-refractivity contribution in [2.75, 3.05) is 12.1 Å². The Labute approximate surface area is 168 Å². The SMILES string of the molecule is Cc1ccc(-c2cc(NC(=O)C3(c4ccc5c(c4)OCO5)CC3)ccc2F)cc1. The van der Waals surface area contributed by atoms with Crippen molar-refractivity contribution in [3.8, 4) is 22.6 Å². The highest BCUT2D eigenvalue weighted by atomic mass is 19.1. The zero-order valence-electron chi connectivity index (χ0n) is 16.0. The molecule has 0 aromatic heterocycles. The average molecular weight is 389 g/mol. The molecular formula is C24H20FNO3. The van der Waals surface area contributed by atoms with Crippen LogP contribution in [0.25, 0.3) is 11.1 Å². The van der Waals surface area contributed by atoms with Crippen LogP contribution in [0.4, 0.5) is 10.1 Å². The fourth-order valence-electron chi connectivity index (χ4n) is 3.77. The Hall–Kier alpha value is -3.34. The number of ether oxygens (including phenoxy) is 2. The van der Waals surface area contributed by atoms with Gasteiger partial charge in [-0.25, -0.2) is 4.39 Å². The van der Waals surface area contributed by atoms with E-state index in [2.05, 4.69) is 5.32 Å². The molecule has 1 fully saturated rings. The minimum atomic E-state index is -0.570. The standard InChI is InChI=1S/C24H20FNO3/c1-15-2-4-16(5-3-15)19-13-18(7-8-20(19)25)26-23(27)24(10-11-24)17-6-9-21-22(12-17)29-14-28-21/h2-9,12-13H,10-11,14H2,1H3,(H,26,27). The van der Waals surface area contributed by atoms with Crippen molar-refractivity contribution in [3.05, 3.63) is 77.6 Å². The molecule has 5 heteroatoms. The molecule has 0 saturated heterocycles. The lowest BCUT2D eigenvalue weighted by molar-refractivity contribution is -0.118. The lowest BCUT2D eigenvalue weighted by Crippen LogP contribution is -2.27. The van der Waals surface area contributed by atoms with Crippen LogP contribution in [-0.2, 0) is 10.2 Å². The molecule has 4 nitrogen and oxygen atoms in total. The molecule has 1 saturated carbocycles. The summed E-state index contributed by atoms with van der Waals surface area (Å²) in [7, 11) is 0. The van der Waals surface area contributed by atoms with Gasteiger partial charge in [0.15, 0.2) is 11.5 Å². The first-order chi connectivity index (χ1) is 14.0. The fourth-order valence-corrected chi connectivity index (χ4v) is 3.77. The number of halogens is 1. The molecular weight excluding hydrogens is 369 g/mol. The molecule has 0 unspecified atom stereocenters. The third kappa shape index (κ3) is 3.12. The number of hydrogen-bond acceptors (Lipinski definition) is 3. The number of anilines is 1. The second-order valence-electron chi connectivity index (χ2n) is 7.66. The van der Waals surface area contributed by atoms with Crippen molar-refractivity contribution in [1.82, 2.24) is 0 Å². The minimum Gasteiger partial charge on any atom is -0.454 e. The largest absolute Gasteiger partial charge is 0.454 e. The summed E-state index contributed by atoms with van der Waals surface area (Å²) in [5, 5.41) is 2.98. The van der Waals surface area contributed by atoms with Crippen LogP contribution in [-0.4, -0.2) is 12.7 Å². The molecule has 1 aliphatic heterocycles. The monoisotopic (exact) mass is 389 g/mol. The maximum atomic E-state index is 14.4. The number of carbonyl (C=O) groups is 1. The Balaban J connectivity index is 1.41. The summed E-state index contributed by atoms with van der Waals surface area (Å²) >= 11 is 0. The van der Waals surface area contributed by atoms with Crippen LogP contribution in [0.1, 0.15) is 24.0 Å². The van der Waals surface area contributed by atoms with Gasteiger partial charge in [0, 0.05) is 11.3 Å². The Morgan fingerprint density at radius 1 is 0.966 bits per heavy atom. The number of carbonyl (C=O) groups excluding carboxylic acids is 1. The third-order valence-corrected chi connectivity index (χ3v) is 5.70. The summed E-state index contributed by atoms with van der Waals surface area (Å²) in [6, 6.07) is 18.0. The summed E-state index contributed by atoms with van der Waals surface area (Å²) in [6.07, 6.45) is 1.54. The van der Waals surface area contributed by atoms with Crippen molar-refractivity contribution in [2.24, 2.45) is 0 Å². The van der Waals surface area contributed by atoms with E-state index in [4.69, 9.17) is 9.47 Å². The number of hydrogen-bond donors (Lipinski definition) is 1. The van der Waals surface area contributed by atoms with Crippen LogP contribution < -0.4 is 14.8 Å². The van der Waals surface area contributed by atoms with Crippen LogP contribution in [0.3, 0.4) is 0 Å². The molecule has 2 aliphatic rings. The average Bonchev–Trinajstić information content (AvgIpc) is 3.41. The van der Waals surface area contributed by atoms with E-state index >= 15 is 0 Å². The molecule has 1 heterocycles. The molecule has 0 bridgehead atoms. The molecule has 3 aromatic carbocycles. The van der Waals surface area contributed by atoms with Gasteiger partial charge in [-0.05, 0) is 61.2 Å². The molecule has 1 amide bonds. The normalized spacial score (nSPS) is 15.8. The molecule has 0 atom stereocenters. The van der Waals surface area contributed by atoms with E-state index in [-0.39, 0.29) is 18.5 Å². The predicted molar refractivity (Wildman–Crippen MR) is 109 cm³/mol. The number of benzene rings is 3. The van der Waals surface area contributed by atoms with Crippen LogP contribution in [0.15, 0.2) is 60.7 Å². The summed E-state index contributed by atoms with van der Waals surface area (Å²) in [4.78, 5) is 13.1. The molecule has 146 valence electrons. The minimum absolute atomic E-state index is 0.0853. The van der Waals surface area contributed by atoms with Gasteiger partial charge in [0.1, 0.15) is 5.82 Å². The van der Waals surface area contributed by atoms with E-state index < -0.39 is 5.41 Å². The molecule has 1 N–H and O–H groups in total. The van der Waals surface area contributed by atoms with Gasteiger partial charge in [-0.1, -0.05) is 35.9 Å². The number of rotatable bonds is 4. The van der Waals surface area contributed by atoms with Gasteiger partial charge in [-0.2, -0.15) is 0 Å². The zero-order chi connectivity index (χ0) is 20.0. The van der Waals surface area contributed by atoms with Crippen molar-refractivity contribution >= 4 is 11.6 Å². The summed E-state index contributed by atoms with van der Waals surface area (Å²) in [5.74, 6) is 0.970. The summed E-state index contributed by atoms with van der Waals surface area (Å²) < 4.78 is 25.2. The first-order valence-electron chi connectivity index (χ1n) is 9.63. The highest BCUT2D eigenvalue weighted by Gasteiger charge is 2.51. The van der Waals surface area contributed by atoms with Gasteiger partial charge in [0.25, 0.3) is 0 Å². The van der Waals surface area contributed by atoms with Gasteiger partial charge in [0.2, 0.25) is 12.7 Å². The maximum Gasteiger partial charge on any atom is 0.235 e. The van der Waals surface area contributed by atoms with Crippen molar-refractivity contribution in [3.63, 3.8) is 0 Å². The maximum absolute atomic E-state index is 14.4. The Morgan fingerprint density at radius 3 is 2.48 bits per heavy atom. The molecule has 3 aromatic rings. The smallest absolute Gasteiger partial charge is 0.235 e.